The molecule has 7 nitrogen and oxygen atoms in total. The predicted molar refractivity (Wildman–Crippen MR) is 272 cm³/mol. The van der Waals surface area contributed by atoms with Gasteiger partial charge in [0.25, 0.3) is 0 Å². The maximum Gasteiger partial charge on any atom is 0.161 e. The highest BCUT2D eigenvalue weighted by Crippen LogP contribution is 2.39. The van der Waals surface area contributed by atoms with Crippen molar-refractivity contribution in [3.63, 3.8) is 0 Å². The van der Waals surface area contributed by atoms with Crippen LogP contribution in [0.4, 0.5) is 0 Å². The number of nitrogens with zero attached hydrogens (tertiary/aromatic N) is 7. The van der Waals surface area contributed by atoms with E-state index in [9.17, 15) is 15.8 Å². The van der Waals surface area contributed by atoms with E-state index in [2.05, 4.69) is 167 Å². The lowest BCUT2D eigenvalue weighted by atomic mass is 9.96. The minimum absolute atomic E-state index is 0.409. The molecule has 0 saturated heterocycles. The van der Waals surface area contributed by atoms with E-state index in [-0.39, 0.29) is 0 Å². The zero-order valence-corrected chi connectivity index (χ0v) is 36.3. The molecule has 0 unspecified atom stereocenters. The molecule has 314 valence electrons. The lowest BCUT2D eigenvalue weighted by molar-refractivity contribution is 1.16. The minimum atomic E-state index is 0.409. The van der Waals surface area contributed by atoms with Crippen molar-refractivity contribution >= 4 is 43.6 Å². The van der Waals surface area contributed by atoms with Crippen molar-refractivity contribution in [2.45, 2.75) is 0 Å². The van der Waals surface area contributed by atoms with Gasteiger partial charge in [-0.05, 0) is 95.1 Å². The summed E-state index contributed by atoms with van der Waals surface area (Å²) in [6, 6.07) is 78.5. The summed E-state index contributed by atoms with van der Waals surface area (Å²) < 4.78 is 4.61. The summed E-state index contributed by atoms with van der Waals surface area (Å²) in [6.07, 6.45) is 0. The van der Waals surface area contributed by atoms with E-state index >= 15 is 0 Å². The van der Waals surface area contributed by atoms with Gasteiger partial charge in [-0.15, -0.1) is 0 Å². The lowest BCUT2D eigenvalue weighted by Crippen LogP contribution is -1.98. The van der Waals surface area contributed by atoms with Gasteiger partial charge in [-0.3, -0.25) is 0 Å². The van der Waals surface area contributed by atoms with Crippen LogP contribution in [0.1, 0.15) is 16.7 Å². The van der Waals surface area contributed by atoms with Crippen LogP contribution in [0.15, 0.2) is 212 Å². The van der Waals surface area contributed by atoms with Crippen molar-refractivity contribution in [3.8, 4) is 85.7 Å². The lowest BCUT2D eigenvalue weighted by Gasteiger charge is -2.13. The predicted octanol–water partition coefficient (Wildman–Crippen LogP) is 14.6. The van der Waals surface area contributed by atoms with Crippen LogP contribution < -0.4 is 0 Å². The number of benzene rings is 9. The summed E-state index contributed by atoms with van der Waals surface area (Å²) in [4.78, 5) is 9.80. The Morgan fingerprint density at radius 2 is 0.750 bits per heavy atom. The van der Waals surface area contributed by atoms with E-state index in [1.54, 1.807) is 12.1 Å². The summed E-state index contributed by atoms with van der Waals surface area (Å²) in [5.74, 6) is 0.409. The first-order chi connectivity index (χ1) is 33.6. The molecular weight excluding hydrogens is 831 g/mol. The number of fused-ring (bicyclic) bond motifs is 6. The molecule has 0 aliphatic carbocycles. The Morgan fingerprint density at radius 3 is 1.35 bits per heavy atom. The summed E-state index contributed by atoms with van der Waals surface area (Å²) in [5, 5.41) is 35.2. The Morgan fingerprint density at radius 1 is 0.309 bits per heavy atom. The van der Waals surface area contributed by atoms with Gasteiger partial charge in [0.15, 0.2) is 5.82 Å². The van der Waals surface area contributed by atoms with Crippen molar-refractivity contribution in [2.75, 3.05) is 0 Å². The molecule has 0 bridgehead atoms. The number of nitriles is 3. The summed E-state index contributed by atoms with van der Waals surface area (Å²) in [5.41, 5.74) is 15.3. The fourth-order valence-corrected chi connectivity index (χ4v) is 9.70. The Hall–Kier alpha value is -9.87. The third-order valence-electron chi connectivity index (χ3n) is 12.9. The summed E-state index contributed by atoms with van der Waals surface area (Å²) in [7, 11) is 0. The van der Waals surface area contributed by atoms with Crippen LogP contribution in [-0.2, 0) is 0 Å². The molecule has 0 aliphatic heterocycles. The van der Waals surface area contributed by atoms with Gasteiger partial charge in [-0.1, -0.05) is 140 Å². The molecule has 9 aromatic carbocycles. The third kappa shape index (κ3) is 6.57. The molecule has 0 aliphatic rings. The fraction of sp³-hybridized carbons (Fsp3) is 0. The van der Waals surface area contributed by atoms with E-state index in [1.807, 2.05) is 60.7 Å². The molecule has 3 aromatic heterocycles. The normalized spacial score (nSPS) is 11.2. The number of aromatic nitrogens is 4. The number of rotatable bonds is 7. The molecular formula is C61H35N7. The van der Waals surface area contributed by atoms with Crippen molar-refractivity contribution in [3.05, 3.63) is 229 Å². The van der Waals surface area contributed by atoms with Gasteiger partial charge in [0, 0.05) is 49.6 Å². The zero-order valence-electron chi connectivity index (χ0n) is 36.3. The second-order valence-corrected chi connectivity index (χ2v) is 16.7. The second kappa shape index (κ2) is 16.3. The molecule has 0 radical (unpaired) electrons. The van der Waals surface area contributed by atoms with Crippen molar-refractivity contribution in [2.24, 2.45) is 0 Å². The quantitative estimate of drug-likeness (QED) is 0.159. The molecule has 7 heteroatoms. The highest BCUT2D eigenvalue weighted by atomic mass is 15.0. The van der Waals surface area contributed by atoms with Gasteiger partial charge in [0.1, 0.15) is 0 Å². The van der Waals surface area contributed by atoms with Crippen LogP contribution in [0.2, 0.25) is 0 Å². The maximum atomic E-state index is 10.6. The summed E-state index contributed by atoms with van der Waals surface area (Å²) in [6.45, 7) is 0. The highest BCUT2D eigenvalue weighted by Gasteiger charge is 2.19. The van der Waals surface area contributed by atoms with Gasteiger partial charge in [0.05, 0.1) is 68.4 Å². The first-order valence-electron chi connectivity index (χ1n) is 22.2. The van der Waals surface area contributed by atoms with E-state index in [4.69, 9.17) is 9.97 Å². The Kier molecular flexibility index (Phi) is 9.51. The van der Waals surface area contributed by atoms with Crippen molar-refractivity contribution < 1.29 is 0 Å². The molecule has 0 atom stereocenters. The van der Waals surface area contributed by atoms with Gasteiger partial charge in [-0.25, -0.2) is 9.97 Å². The van der Waals surface area contributed by atoms with E-state index in [0.717, 1.165) is 61.0 Å². The molecule has 0 amide bonds. The Bertz CT molecular complexity index is 3990. The Balaban J connectivity index is 0.868. The molecule has 12 aromatic rings. The average molecular weight is 866 g/mol. The molecule has 0 saturated carbocycles. The first-order valence-corrected chi connectivity index (χ1v) is 22.2. The SMILES string of the molecule is N#Cc1cc(-n2c3ccccc3c3cc(-n4c5ccccc5c5ccccc54)ccc32)ccc1-c1ccc(-c2ccc(-c3cc(-c4ccccc4C#N)nc(-c4ccccc4C#N)n3)cc2)cc1. The zero-order chi connectivity index (χ0) is 45.7. The second-order valence-electron chi connectivity index (χ2n) is 16.7. The largest absolute Gasteiger partial charge is 0.309 e. The number of hydrogen-bond acceptors (Lipinski definition) is 5. The maximum absolute atomic E-state index is 10.6. The van der Waals surface area contributed by atoms with Crippen LogP contribution in [-0.4, -0.2) is 19.1 Å². The van der Waals surface area contributed by atoms with E-state index in [0.29, 0.717) is 45.0 Å². The van der Waals surface area contributed by atoms with Crippen molar-refractivity contribution in [1.82, 2.24) is 19.1 Å². The molecule has 3 heterocycles. The van der Waals surface area contributed by atoms with Gasteiger partial charge in [0.2, 0.25) is 0 Å². The van der Waals surface area contributed by atoms with Gasteiger partial charge in [-0.2, -0.15) is 15.8 Å². The van der Waals surface area contributed by atoms with Crippen LogP contribution in [0.5, 0.6) is 0 Å². The highest BCUT2D eigenvalue weighted by molar-refractivity contribution is 6.12. The first kappa shape index (κ1) is 39.7. The van der Waals surface area contributed by atoms with Crippen LogP contribution in [0.25, 0.3) is 111 Å². The Labute approximate surface area is 391 Å². The van der Waals surface area contributed by atoms with E-state index in [1.165, 1.54) is 21.8 Å². The molecule has 68 heavy (non-hydrogen) atoms. The monoisotopic (exact) mass is 865 g/mol. The van der Waals surface area contributed by atoms with Gasteiger partial charge >= 0.3 is 0 Å². The van der Waals surface area contributed by atoms with E-state index < -0.39 is 0 Å². The van der Waals surface area contributed by atoms with Crippen LogP contribution in [0, 0.1) is 34.0 Å². The average Bonchev–Trinajstić information content (AvgIpc) is 3.93. The molecule has 0 fully saturated rings. The van der Waals surface area contributed by atoms with Gasteiger partial charge < -0.3 is 9.13 Å². The molecule has 0 spiro atoms. The third-order valence-corrected chi connectivity index (χ3v) is 12.9. The number of para-hydroxylation sites is 3. The minimum Gasteiger partial charge on any atom is -0.309 e. The number of hydrogen-bond donors (Lipinski definition) is 0. The molecule has 12 rings (SSSR count). The summed E-state index contributed by atoms with van der Waals surface area (Å²) >= 11 is 0. The van der Waals surface area contributed by atoms with Crippen LogP contribution in [0.3, 0.4) is 0 Å². The smallest absolute Gasteiger partial charge is 0.161 e. The van der Waals surface area contributed by atoms with Crippen molar-refractivity contribution in [1.29, 1.82) is 15.8 Å². The van der Waals surface area contributed by atoms with Crippen LogP contribution >= 0.6 is 0 Å². The molecule has 0 N–H and O–H groups in total. The standard InChI is InChI=1S/C61H35N7/c62-36-43-11-1-3-13-49(43)56-35-55(65-61(66-56)50-14-4-2-12-44(50)37-63)42-27-23-40(24-28-42)39-21-25-41(26-22-39)48-31-29-46(33-45(48)38-64)67-59-20-10-7-17-53(59)54-34-47(30-32-60(54)67)68-57-18-8-5-15-51(57)52-16-6-9-19-58(52)68/h1-35H. The topological polar surface area (TPSA) is 107 Å². The fourth-order valence-electron chi connectivity index (χ4n) is 9.70.